The number of nitrogen functional groups attached to an aromatic ring is 1. The van der Waals surface area contributed by atoms with Gasteiger partial charge < -0.3 is 35.5 Å². The second-order valence-electron chi connectivity index (χ2n) is 13.4. The predicted octanol–water partition coefficient (Wildman–Crippen LogP) is 4.19. The quantitative estimate of drug-likeness (QED) is 0.162. The number of rotatable bonds is 8. The second-order valence-corrected chi connectivity index (χ2v) is 17.4. The van der Waals surface area contributed by atoms with E-state index >= 15 is 0 Å². The number of aliphatic hydroxyl groups is 1. The van der Waals surface area contributed by atoms with Crippen molar-refractivity contribution in [2.45, 2.75) is 62.7 Å². The van der Waals surface area contributed by atoms with E-state index in [0.717, 1.165) is 11.1 Å². The molecule has 5 N–H and O–H groups in total. The number of fused-ring (bicyclic) bond motifs is 3. The first kappa shape index (κ1) is 32.6. The lowest BCUT2D eigenvalue weighted by atomic mass is 9.82. The van der Waals surface area contributed by atoms with Crippen LogP contribution in [-0.2, 0) is 32.9 Å². The van der Waals surface area contributed by atoms with Gasteiger partial charge in [0.2, 0.25) is 5.91 Å². The zero-order valence-electron chi connectivity index (χ0n) is 27.0. The summed E-state index contributed by atoms with van der Waals surface area (Å²) in [4.78, 5) is 56.6. The summed E-state index contributed by atoms with van der Waals surface area (Å²) in [5.74, 6) is -1.32. The summed E-state index contributed by atoms with van der Waals surface area (Å²) in [5.41, 5.74) is 8.62. The number of benzene rings is 3. The van der Waals surface area contributed by atoms with Gasteiger partial charge in [0.25, 0.3) is 11.8 Å². The van der Waals surface area contributed by atoms with Crippen LogP contribution in [0.5, 0.6) is 0 Å². The Morgan fingerprint density at radius 3 is 2.49 bits per heavy atom. The third kappa shape index (κ3) is 5.67. The lowest BCUT2D eigenvalue weighted by Gasteiger charge is -2.37. The fourth-order valence-electron chi connectivity index (χ4n) is 7.84. The van der Waals surface area contributed by atoms with E-state index < -0.39 is 31.5 Å². The van der Waals surface area contributed by atoms with Crippen molar-refractivity contribution in [1.82, 2.24) is 4.90 Å². The highest BCUT2D eigenvalue weighted by atomic mass is 28.4. The number of hydrogen-bond acceptors (Lipinski definition) is 7. The van der Waals surface area contributed by atoms with Crippen LogP contribution < -0.4 is 16.0 Å². The van der Waals surface area contributed by atoms with Gasteiger partial charge >= 0.3 is 0 Å². The number of nitrogens with one attached hydrogen (secondary N) is 1. The van der Waals surface area contributed by atoms with E-state index in [1.807, 2.05) is 44.3 Å². The number of nitrogens with two attached hydrogens (primary N) is 1. The van der Waals surface area contributed by atoms with Crippen LogP contribution in [0.4, 0.5) is 17.1 Å². The van der Waals surface area contributed by atoms with Crippen LogP contribution in [0.3, 0.4) is 0 Å². The number of carbonyl (C=O) groups excluding carboxylic acids is 3. The first-order chi connectivity index (χ1) is 22.4. The van der Waals surface area contributed by atoms with Crippen LogP contribution >= 0.6 is 0 Å². The van der Waals surface area contributed by atoms with E-state index in [2.05, 4.69) is 11.9 Å². The van der Waals surface area contributed by atoms with Gasteiger partial charge in [-0.3, -0.25) is 14.4 Å². The third-order valence-corrected chi connectivity index (χ3v) is 12.5. The van der Waals surface area contributed by atoms with Crippen LogP contribution in [-0.4, -0.2) is 66.1 Å². The standard InChI is InChI=1S/C36H42N4O6Si/c1-5-16-39-30-15-14-27(38-34(43)23-10-12-26(37)13-11-23)18-29(30)36(35(39)44)22(2)33(47(3,4)45)31(46-36)19-32(42)40-20-25-9-7-6-8-24(25)17-28(40)21-41/h5-15,18,22,28,31,33,41,45H,1,16-17,19-21,37H2,2-4H3,(H,38,43)/t22-,28+,31+,33-,36+/m1/s1. The minimum absolute atomic E-state index is 0.0515. The average molecular weight is 655 g/mol. The lowest BCUT2D eigenvalue weighted by molar-refractivity contribution is -0.150. The molecule has 5 atom stereocenters. The van der Waals surface area contributed by atoms with Crippen LogP contribution in [0, 0.1) is 5.92 Å². The monoisotopic (exact) mass is 654 g/mol. The maximum atomic E-state index is 14.5. The Labute approximate surface area is 276 Å². The molecule has 1 spiro atoms. The van der Waals surface area contributed by atoms with Gasteiger partial charge in [0.1, 0.15) is 0 Å². The van der Waals surface area contributed by atoms with Gasteiger partial charge in [-0.2, -0.15) is 0 Å². The van der Waals surface area contributed by atoms with Crippen LogP contribution in [0.2, 0.25) is 18.6 Å². The summed E-state index contributed by atoms with van der Waals surface area (Å²) in [5, 5.41) is 13.2. The summed E-state index contributed by atoms with van der Waals surface area (Å²) < 4.78 is 6.85. The maximum Gasteiger partial charge on any atom is 0.264 e. The Kier molecular flexibility index (Phi) is 8.60. The summed E-state index contributed by atoms with van der Waals surface area (Å²) >= 11 is 0. The molecule has 11 heteroatoms. The Balaban J connectivity index is 1.35. The highest BCUT2D eigenvalue weighted by Gasteiger charge is 2.66. The molecule has 3 aromatic carbocycles. The van der Waals surface area contributed by atoms with E-state index in [1.54, 1.807) is 58.3 Å². The Hall–Kier alpha value is -4.29. The zero-order valence-corrected chi connectivity index (χ0v) is 28.0. The Morgan fingerprint density at radius 1 is 1.13 bits per heavy atom. The molecule has 10 nitrogen and oxygen atoms in total. The number of carbonyl (C=O) groups is 3. The minimum atomic E-state index is -3.04. The number of nitrogens with zero attached hydrogens (tertiary/aromatic N) is 2. The number of amides is 3. The zero-order chi connectivity index (χ0) is 33.7. The van der Waals surface area contributed by atoms with Crippen molar-refractivity contribution >= 4 is 43.1 Å². The molecule has 6 rings (SSSR count). The second kappa shape index (κ2) is 12.4. The summed E-state index contributed by atoms with van der Waals surface area (Å²) in [6, 6.07) is 19.4. The van der Waals surface area contributed by atoms with Crippen molar-refractivity contribution in [3.63, 3.8) is 0 Å². The van der Waals surface area contributed by atoms with Crippen molar-refractivity contribution in [2.24, 2.45) is 5.92 Å². The molecular formula is C36H42N4O6Si. The summed E-state index contributed by atoms with van der Waals surface area (Å²) in [6.45, 7) is 9.81. The molecule has 3 aromatic rings. The molecule has 0 aromatic heterocycles. The molecule has 47 heavy (non-hydrogen) atoms. The van der Waals surface area contributed by atoms with Gasteiger partial charge in [-0.1, -0.05) is 37.3 Å². The molecule has 3 aliphatic heterocycles. The normalized spacial score (nSPS) is 25.1. The molecule has 0 radical (unpaired) electrons. The smallest absolute Gasteiger partial charge is 0.264 e. The van der Waals surface area contributed by atoms with Crippen LogP contribution in [0.25, 0.3) is 0 Å². The van der Waals surface area contributed by atoms with E-state index in [9.17, 15) is 24.3 Å². The molecule has 246 valence electrons. The molecule has 0 saturated carbocycles. The molecule has 3 amide bonds. The fraction of sp³-hybridized carbons (Fsp3) is 0.361. The number of aliphatic hydroxyl groups excluding tert-OH is 1. The van der Waals surface area contributed by atoms with Crippen LogP contribution in [0.15, 0.2) is 79.4 Å². The highest BCUT2D eigenvalue weighted by Crippen LogP contribution is 2.60. The van der Waals surface area contributed by atoms with Gasteiger partial charge in [-0.15, -0.1) is 6.58 Å². The van der Waals surface area contributed by atoms with E-state index in [-0.39, 0.29) is 43.3 Å². The van der Waals surface area contributed by atoms with E-state index in [1.165, 1.54) is 0 Å². The Bertz CT molecular complexity index is 1720. The molecule has 0 aliphatic carbocycles. The van der Waals surface area contributed by atoms with Gasteiger partial charge in [0.05, 0.1) is 30.9 Å². The topological polar surface area (TPSA) is 145 Å². The van der Waals surface area contributed by atoms with Gasteiger partial charge in [-0.25, -0.2) is 0 Å². The average Bonchev–Trinajstić information content (AvgIpc) is 3.46. The van der Waals surface area contributed by atoms with Crippen LogP contribution in [0.1, 0.15) is 40.4 Å². The molecule has 3 aliphatic rings. The van der Waals surface area contributed by atoms with Crippen molar-refractivity contribution in [3.05, 3.63) is 102 Å². The third-order valence-electron chi connectivity index (χ3n) is 9.99. The first-order valence-corrected chi connectivity index (χ1v) is 19.0. The molecule has 1 saturated heterocycles. The molecule has 1 fully saturated rings. The Morgan fingerprint density at radius 2 is 1.83 bits per heavy atom. The molecular weight excluding hydrogens is 613 g/mol. The minimum Gasteiger partial charge on any atom is -0.432 e. The number of ether oxygens (including phenoxy) is 1. The van der Waals surface area contributed by atoms with Crippen molar-refractivity contribution in [2.75, 3.05) is 29.1 Å². The van der Waals surface area contributed by atoms with Gasteiger partial charge in [0.15, 0.2) is 13.9 Å². The van der Waals surface area contributed by atoms with Gasteiger partial charge in [0, 0.05) is 47.1 Å². The first-order valence-electron chi connectivity index (χ1n) is 16.0. The van der Waals surface area contributed by atoms with E-state index in [4.69, 9.17) is 10.5 Å². The van der Waals surface area contributed by atoms with Crippen molar-refractivity contribution < 1.29 is 29.0 Å². The molecule has 3 heterocycles. The highest BCUT2D eigenvalue weighted by molar-refractivity contribution is 6.71. The SMILES string of the molecule is C=CCN1C(=O)[C@@]2(O[C@@H](CC(=O)N3Cc4ccccc4C[C@H]3CO)[C@H]([Si](C)(C)O)[C@H]2C)c2cc(NC(=O)c3ccc(N)cc3)ccc21. The maximum absolute atomic E-state index is 14.5. The molecule has 0 unspecified atom stereocenters. The summed E-state index contributed by atoms with van der Waals surface area (Å²) in [6.07, 6.45) is 1.38. The summed E-state index contributed by atoms with van der Waals surface area (Å²) in [7, 11) is -3.04. The number of anilines is 3. The lowest BCUT2D eigenvalue weighted by Crippen LogP contribution is -2.48. The predicted molar refractivity (Wildman–Crippen MR) is 183 cm³/mol. The molecule has 0 bridgehead atoms. The van der Waals surface area contributed by atoms with Crippen molar-refractivity contribution in [1.29, 1.82) is 0 Å². The van der Waals surface area contributed by atoms with E-state index in [0.29, 0.717) is 41.2 Å². The number of hydrogen-bond donors (Lipinski definition) is 4. The van der Waals surface area contributed by atoms with Gasteiger partial charge in [-0.05, 0) is 73.1 Å². The largest absolute Gasteiger partial charge is 0.432 e. The van der Waals surface area contributed by atoms with Crippen molar-refractivity contribution in [3.8, 4) is 0 Å². The fourth-order valence-corrected chi connectivity index (χ4v) is 10.4.